The third-order valence-corrected chi connectivity index (χ3v) is 4.11. The van der Waals surface area contributed by atoms with Gasteiger partial charge in [-0.3, -0.25) is 0 Å². The molecule has 0 spiro atoms. The topological polar surface area (TPSA) is 48.1 Å². The van der Waals surface area contributed by atoms with Crippen LogP contribution in [0.1, 0.15) is 39.1 Å². The minimum atomic E-state index is 0.0814. The number of rotatable bonds is 5. The van der Waals surface area contributed by atoms with Crippen LogP contribution in [0.2, 0.25) is 0 Å². The molecule has 0 aliphatic carbocycles. The van der Waals surface area contributed by atoms with E-state index in [9.17, 15) is 0 Å². The first kappa shape index (κ1) is 15.3. The minimum absolute atomic E-state index is 0.0814. The molecule has 1 atom stereocenters. The van der Waals surface area contributed by atoms with Crippen molar-refractivity contribution in [3.63, 3.8) is 0 Å². The van der Waals surface area contributed by atoms with E-state index in [0.717, 1.165) is 24.1 Å². The number of nitrogens with zero attached hydrogens (tertiary/aromatic N) is 1. The normalized spacial score (nSPS) is 13.7. The highest BCUT2D eigenvalue weighted by Crippen LogP contribution is 2.32. The van der Waals surface area contributed by atoms with E-state index in [2.05, 4.69) is 33.8 Å². The predicted octanol–water partition coefficient (Wildman–Crippen LogP) is 4.00. The Kier molecular flexibility index (Phi) is 4.66. The molecule has 1 unspecified atom stereocenters. The van der Waals surface area contributed by atoms with Crippen LogP contribution in [-0.2, 0) is 6.42 Å². The Bertz CT molecular complexity index is 571. The van der Waals surface area contributed by atoms with Crippen molar-refractivity contribution >= 4 is 21.6 Å². The molecule has 20 heavy (non-hydrogen) atoms. The molecular weight excluding hydrogens is 268 g/mol. The summed E-state index contributed by atoms with van der Waals surface area (Å²) in [5.74, 6) is 0.850. The van der Waals surface area contributed by atoms with Crippen LogP contribution < -0.4 is 10.5 Å². The predicted molar refractivity (Wildman–Crippen MR) is 86.5 cm³/mol. The van der Waals surface area contributed by atoms with Crippen LogP contribution in [0.5, 0.6) is 5.75 Å². The summed E-state index contributed by atoms with van der Waals surface area (Å²) in [6.07, 6.45) is 1.91. The Morgan fingerprint density at radius 3 is 2.75 bits per heavy atom. The number of benzene rings is 1. The van der Waals surface area contributed by atoms with E-state index in [4.69, 9.17) is 15.5 Å². The van der Waals surface area contributed by atoms with Gasteiger partial charge in [0.05, 0.1) is 9.71 Å². The maximum Gasteiger partial charge on any atom is 0.146 e. The van der Waals surface area contributed by atoms with Crippen molar-refractivity contribution in [2.75, 3.05) is 6.61 Å². The molecule has 110 valence electrons. The number of ether oxygens (including phenoxy) is 1. The average molecular weight is 292 g/mol. The molecular formula is C16H24N2OS. The van der Waals surface area contributed by atoms with Crippen molar-refractivity contribution in [2.45, 2.75) is 46.6 Å². The Morgan fingerprint density at radius 1 is 1.35 bits per heavy atom. The van der Waals surface area contributed by atoms with Crippen molar-refractivity contribution in [1.29, 1.82) is 0 Å². The highest BCUT2D eigenvalue weighted by Gasteiger charge is 2.16. The van der Waals surface area contributed by atoms with Gasteiger partial charge in [-0.15, -0.1) is 11.3 Å². The zero-order valence-corrected chi connectivity index (χ0v) is 13.6. The van der Waals surface area contributed by atoms with Gasteiger partial charge in [0.2, 0.25) is 0 Å². The van der Waals surface area contributed by atoms with Crippen LogP contribution in [0.3, 0.4) is 0 Å². The van der Waals surface area contributed by atoms with Gasteiger partial charge < -0.3 is 10.5 Å². The lowest BCUT2D eigenvalue weighted by atomic mass is 9.93. The van der Waals surface area contributed by atoms with Gasteiger partial charge in [-0.2, -0.15) is 0 Å². The molecule has 0 fully saturated rings. The summed E-state index contributed by atoms with van der Waals surface area (Å²) in [7, 11) is 0. The SMILES string of the molecule is CCC(N)COc1cccc2sc(CC(C)(C)C)nc12. The van der Waals surface area contributed by atoms with E-state index >= 15 is 0 Å². The van der Waals surface area contributed by atoms with Crippen molar-refractivity contribution in [3.8, 4) is 5.75 Å². The lowest BCUT2D eigenvalue weighted by molar-refractivity contribution is 0.288. The van der Waals surface area contributed by atoms with Gasteiger partial charge in [0.1, 0.15) is 17.9 Å². The van der Waals surface area contributed by atoms with Crippen molar-refractivity contribution in [2.24, 2.45) is 11.1 Å². The van der Waals surface area contributed by atoms with Crippen molar-refractivity contribution in [1.82, 2.24) is 4.98 Å². The van der Waals surface area contributed by atoms with Crippen molar-refractivity contribution in [3.05, 3.63) is 23.2 Å². The molecule has 0 aliphatic heterocycles. The molecule has 2 rings (SSSR count). The molecule has 4 heteroatoms. The second-order valence-electron chi connectivity index (χ2n) is 6.43. The van der Waals surface area contributed by atoms with Gasteiger partial charge in [0.25, 0.3) is 0 Å². The maximum absolute atomic E-state index is 5.91. The minimum Gasteiger partial charge on any atom is -0.490 e. The molecule has 2 aromatic rings. The largest absolute Gasteiger partial charge is 0.490 e. The van der Waals surface area contributed by atoms with Crippen LogP contribution in [0.15, 0.2) is 18.2 Å². The zero-order chi connectivity index (χ0) is 14.8. The van der Waals surface area contributed by atoms with E-state index in [0.29, 0.717) is 6.61 Å². The van der Waals surface area contributed by atoms with E-state index in [-0.39, 0.29) is 11.5 Å². The summed E-state index contributed by atoms with van der Waals surface area (Å²) in [5.41, 5.74) is 7.13. The number of hydrogen-bond donors (Lipinski definition) is 1. The Balaban J connectivity index is 2.23. The number of hydrogen-bond acceptors (Lipinski definition) is 4. The van der Waals surface area contributed by atoms with Gasteiger partial charge in [-0.1, -0.05) is 33.8 Å². The van der Waals surface area contributed by atoms with Crippen LogP contribution in [0, 0.1) is 5.41 Å². The Morgan fingerprint density at radius 2 is 2.10 bits per heavy atom. The summed E-state index contributed by atoms with van der Waals surface area (Å²) >= 11 is 1.76. The highest BCUT2D eigenvalue weighted by molar-refractivity contribution is 7.18. The molecule has 1 aromatic heterocycles. The fourth-order valence-corrected chi connectivity index (χ4v) is 3.22. The average Bonchev–Trinajstić information content (AvgIpc) is 2.75. The van der Waals surface area contributed by atoms with Gasteiger partial charge in [-0.05, 0) is 24.0 Å². The van der Waals surface area contributed by atoms with Crippen LogP contribution in [-0.4, -0.2) is 17.6 Å². The van der Waals surface area contributed by atoms with Gasteiger partial charge in [0, 0.05) is 12.5 Å². The quantitative estimate of drug-likeness (QED) is 0.906. The number of nitrogens with two attached hydrogens (primary N) is 1. The number of para-hydroxylation sites is 1. The zero-order valence-electron chi connectivity index (χ0n) is 12.8. The van der Waals surface area contributed by atoms with Crippen LogP contribution in [0.25, 0.3) is 10.2 Å². The second kappa shape index (κ2) is 6.10. The van der Waals surface area contributed by atoms with Crippen LogP contribution >= 0.6 is 11.3 Å². The second-order valence-corrected chi connectivity index (χ2v) is 7.54. The number of fused-ring (bicyclic) bond motifs is 1. The highest BCUT2D eigenvalue weighted by atomic mass is 32.1. The molecule has 0 aliphatic rings. The molecule has 1 heterocycles. The van der Waals surface area contributed by atoms with Gasteiger partial charge in [-0.25, -0.2) is 4.98 Å². The summed E-state index contributed by atoms with van der Waals surface area (Å²) in [5, 5.41) is 1.17. The smallest absolute Gasteiger partial charge is 0.146 e. The first-order chi connectivity index (χ1) is 9.39. The Labute approximate surface area is 125 Å². The van der Waals surface area contributed by atoms with E-state index < -0.39 is 0 Å². The fourth-order valence-electron chi connectivity index (χ4n) is 1.93. The summed E-state index contributed by atoms with van der Waals surface area (Å²) in [6, 6.07) is 6.18. The summed E-state index contributed by atoms with van der Waals surface area (Å²) in [6.45, 7) is 9.31. The van der Waals surface area contributed by atoms with E-state index in [1.54, 1.807) is 11.3 Å². The molecule has 1 aromatic carbocycles. The van der Waals surface area contributed by atoms with Gasteiger partial charge >= 0.3 is 0 Å². The van der Waals surface area contributed by atoms with Gasteiger partial charge in [0.15, 0.2) is 0 Å². The van der Waals surface area contributed by atoms with Crippen molar-refractivity contribution < 1.29 is 4.74 Å². The third kappa shape index (κ3) is 3.93. The third-order valence-electron chi connectivity index (χ3n) is 3.09. The first-order valence-corrected chi connectivity index (χ1v) is 7.97. The molecule has 0 saturated carbocycles. The summed E-state index contributed by atoms with van der Waals surface area (Å²) in [4.78, 5) is 4.75. The molecule has 3 nitrogen and oxygen atoms in total. The summed E-state index contributed by atoms with van der Waals surface area (Å²) < 4.78 is 7.02. The molecule has 0 bridgehead atoms. The van der Waals surface area contributed by atoms with E-state index in [1.807, 2.05) is 12.1 Å². The number of thiazole rings is 1. The standard InChI is InChI=1S/C16H24N2OS/c1-5-11(17)10-19-12-7-6-8-13-15(12)18-14(20-13)9-16(2,3)4/h6-8,11H,5,9-10,17H2,1-4H3. The fraction of sp³-hybridized carbons (Fsp3) is 0.562. The van der Waals surface area contributed by atoms with E-state index in [1.165, 1.54) is 9.71 Å². The Hall–Kier alpha value is -1.13. The maximum atomic E-state index is 5.91. The number of aromatic nitrogens is 1. The molecule has 0 amide bonds. The van der Waals surface area contributed by atoms with Crippen LogP contribution in [0.4, 0.5) is 0 Å². The lowest BCUT2D eigenvalue weighted by Crippen LogP contribution is -2.26. The lowest BCUT2D eigenvalue weighted by Gasteiger charge is -2.15. The monoisotopic (exact) mass is 292 g/mol. The molecule has 0 radical (unpaired) electrons. The first-order valence-electron chi connectivity index (χ1n) is 7.16. The molecule has 2 N–H and O–H groups in total. The molecule has 0 saturated heterocycles.